The monoisotopic (exact) mass is 533 g/mol. The summed E-state index contributed by atoms with van der Waals surface area (Å²) in [6.45, 7) is 2.40. The Hall–Kier alpha value is -2.48. The van der Waals surface area contributed by atoms with Crippen LogP contribution in [0.25, 0.3) is 33.2 Å². The minimum absolute atomic E-state index is 0.471. The van der Waals surface area contributed by atoms with Crippen LogP contribution < -0.4 is 3.27 Å². The van der Waals surface area contributed by atoms with Gasteiger partial charge in [-0.25, -0.2) is 0 Å². The van der Waals surface area contributed by atoms with E-state index in [9.17, 15) is 0 Å². The Morgan fingerprint density at radius 3 is 2.29 bits per heavy atom. The van der Waals surface area contributed by atoms with E-state index in [1.165, 1.54) is 38.7 Å². The SMILES string of the molecule is Cn1c2c(c3ccccc31)-c1ccccc1[CH]2[Zr]([CH3])([CH3])(=[SiH2])[c]1cccc2c1Cc1ccccc1-2. The predicted octanol–water partition coefficient (Wildman–Crippen LogP) is 6.48. The molecule has 5 aromatic rings. The molecule has 0 N–H and O–H groups in total. The summed E-state index contributed by atoms with van der Waals surface area (Å²) in [6.07, 6.45) is 1.07. The standard InChI is InChI=1S/C16H12N.C13H9.2CH3.H2Si.Zr/c1-17-14-9-5-4-8-13(14)16-12-7-3-2-6-11(12)10-15(16)17;1-3-7-12-10(5-1)9-11-6-2-4-8-13(11)12;;;;/h2-10H,1H3;1-5,7-8H,9H2;2*1H3;1H2;. The number of para-hydroxylation sites is 1. The van der Waals surface area contributed by atoms with Gasteiger partial charge in [-0.15, -0.1) is 0 Å². The van der Waals surface area contributed by atoms with Gasteiger partial charge >= 0.3 is 205 Å². The Kier molecular flexibility index (Phi) is 4.17. The zero-order chi connectivity index (χ0) is 23.3. The van der Waals surface area contributed by atoms with Crippen LogP contribution in [0.1, 0.15) is 26.0 Å². The van der Waals surface area contributed by atoms with Crippen LogP contribution in [0.3, 0.4) is 0 Å². The molecule has 0 aliphatic heterocycles. The summed E-state index contributed by atoms with van der Waals surface area (Å²) in [5, 5.41) is 1.40. The predicted molar refractivity (Wildman–Crippen MR) is 145 cm³/mol. The molecule has 1 heterocycles. The van der Waals surface area contributed by atoms with Crippen molar-refractivity contribution in [1.82, 2.24) is 4.57 Å². The summed E-state index contributed by atoms with van der Waals surface area (Å²) >= 11 is -3.60. The van der Waals surface area contributed by atoms with Crippen molar-refractivity contribution in [3.05, 3.63) is 113 Å². The molecule has 2 aliphatic rings. The maximum absolute atomic E-state index is 3.60. The normalized spacial score (nSPS) is 16.3. The van der Waals surface area contributed by atoms with Crippen molar-refractivity contribution in [2.75, 3.05) is 0 Å². The van der Waals surface area contributed by atoms with E-state index in [4.69, 9.17) is 0 Å². The van der Waals surface area contributed by atoms with E-state index in [1.807, 2.05) is 0 Å². The third-order valence-corrected chi connectivity index (χ3v) is 24.8. The molecule has 166 valence electrons. The zero-order valence-corrected chi connectivity index (χ0v) is 24.0. The van der Waals surface area contributed by atoms with Crippen LogP contribution in [0.15, 0.2) is 91.0 Å². The number of nitrogens with zero attached hydrogens (tertiary/aromatic N) is 1. The number of benzene rings is 4. The average molecular weight is 535 g/mol. The Balaban J connectivity index is 1.55. The molecule has 4 aromatic carbocycles. The average Bonchev–Trinajstić information content (AvgIpc) is 3.48. The van der Waals surface area contributed by atoms with Gasteiger partial charge in [0.05, 0.1) is 0 Å². The van der Waals surface area contributed by atoms with Gasteiger partial charge in [0.2, 0.25) is 0 Å². The second kappa shape index (κ2) is 6.80. The van der Waals surface area contributed by atoms with Crippen molar-refractivity contribution in [2.45, 2.75) is 19.3 Å². The molecule has 0 spiro atoms. The van der Waals surface area contributed by atoms with Crippen LogP contribution in [0.5, 0.6) is 0 Å². The first-order valence-corrected chi connectivity index (χ1v) is 25.8. The third-order valence-electron chi connectivity index (χ3n) is 8.63. The first-order chi connectivity index (χ1) is 16.4. The van der Waals surface area contributed by atoms with Gasteiger partial charge in [0.15, 0.2) is 0 Å². The van der Waals surface area contributed by atoms with Gasteiger partial charge in [-0.3, -0.25) is 0 Å². The summed E-state index contributed by atoms with van der Waals surface area (Å²) in [5.41, 5.74) is 13.4. The Morgan fingerprint density at radius 1 is 0.765 bits per heavy atom. The minimum atomic E-state index is -3.60. The number of fused-ring (bicyclic) bond motifs is 8. The summed E-state index contributed by atoms with van der Waals surface area (Å²) in [4.78, 5) is 0. The number of hydrogen-bond acceptors (Lipinski definition) is 0. The Morgan fingerprint density at radius 2 is 1.44 bits per heavy atom. The topological polar surface area (TPSA) is 4.93 Å². The zero-order valence-electron chi connectivity index (χ0n) is 20.1. The molecule has 3 heteroatoms. The van der Waals surface area contributed by atoms with Crippen LogP contribution >= 0.6 is 0 Å². The molecule has 1 unspecified atom stereocenters. The molecular formula is C31H29NSiZr. The number of rotatable bonds is 2. The molecule has 2 aliphatic carbocycles. The molecular weight excluding hydrogens is 506 g/mol. The van der Waals surface area contributed by atoms with E-state index in [2.05, 4.69) is 119 Å². The summed E-state index contributed by atoms with van der Waals surface area (Å²) in [6, 6.07) is 34.4. The Labute approximate surface area is 203 Å². The number of hydrogen-bond donors (Lipinski definition) is 0. The van der Waals surface area contributed by atoms with Crippen molar-refractivity contribution < 1.29 is 17.4 Å². The summed E-state index contributed by atoms with van der Waals surface area (Å²) in [5.74, 6) is 0. The van der Waals surface area contributed by atoms with Gasteiger partial charge in [0, 0.05) is 0 Å². The van der Waals surface area contributed by atoms with E-state index in [1.54, 1.807) is 20.1 Å². The van der Waals surface area contributed by atoms with Crippen LogP contribution in [0, 0.1) is 0 Å². The quantitative estimate of drug-likeness (QED) is 0.224. The second-order valence-electron chi connectivity index (χ2n) is 11.3. The molecule has 0 fully saturated rings. The van der Waals surface area contributed by atoms with Crippen LogP contribution in [0.4, 0.5) is 0 Å². The first-order valence-electron chi connectivity index (χ1n) is 12.3. The van der Waals surface area contributed by atoms with Gasteiger partial charge < -0.3 is 0 Å². The molecule has 0 amide bonds. The van der Waals surface area contributed by atoms with Gasteiger partial charge in [-0.1, -0.05) is 0 Å². The number of aromatic nitrogens is 1. The van der Waals surface area contributed by atoms with Crippen LogP contribution in [0.2, 0.25) is 9.26 Å². The van der Waals surface area contributed by atoms with Crippen molar-refractivity contribution in [1.29, 1.82) is 0 Å². The molecule has 0 bridgehead atoms. The van der Waals surface area contributed by atoms with Gasteiger partial charge in [0.1, 0.15) is 0 Å². The van der Waals surface area contributed by atoms with Crippen LogP contribution in [-0.2, 0) is 30.9 Å². The summed E-state index contributed by atoms with van der Waals surface area (Å²) < 4.78 is 10.1. The maximum atomic E-state index is 2.70. The van der Waals surface area contributed by atoms with E-state index in [0.29, 0.717) is 3.63 Å². The van der Waals surface area contributed by atoms with E-state index >= 15 is 0 Å². The van der Waals surface area contributed by atoms with E-state index in [-0.39, 0.29) is 0 Å². The van der Waals surface area contributed by atoms with Gasteiger partial charge in [-0.05, 0) is 0 Å². The fourth-order valence-corrected chi connectivity index (χ4v) is 23.0. The third kappa shape index (κ3) is 2.58. The number of aryl methyl sites for hydroxylation is 1. The first kappa shape index (κ1) is 20.9. The second-order valence-corrected chi connectivity index (χ2v) is 40.8. The van der Waals surface area contributed by atoms with Crippen molar-refractivity contribution >= 4 is 21.1 Å². The molecule has 1 atom stereocenters. The molecule has 1 nitrogen and oxygen atoms in total. The molecule has 0 saturated heterocycles. The molecule has 1 aromatic heterocycles. The Bertz CT molecular complexity index is 1730. The van der Waals surface area contributed by atoms with Crippen LogP contribution in [-0.4, -0.2) is 11.4 Å². The van der Waals surface area contributed by atoms with E-state index in [0.717, 1.165) is 6.42 Å². The van der Waals surface area contributed by atoms with Crippen molar-refractivity contribution in [3.63, 3.8) is 0 Å². The molecule has 0 saturated carbocycles. The fourth-order valence-electron chi connectivity index (χ4n) is 7.18. The van der Waals surface area contributed by atoms with Crippen molar-refractivity contribution in [2.24, 2.45) is 7.05 Å². The molecule has 34 heavy (non-hydrogen) atoms. The van der Waals surface area contributed by atoms with Gasteiger partial charge in [0.25, 0.3) is 0 Å². The summed E-state index contributed by atoms with van der Waals surface area (Å²) in [7, 11) is 2.29. The van der Waals surface area contributed by atoms with E-state index < -0.39 is 17.4 Å². The molecule has 7 rings (SSSR count). The van der Waals surface area contributed by atoms with Crippen molar-refractivity contribution in [3.8, 4) is 22.3 Å². The fraction of sp³-hybridized carbons (Fsp3) is 0.161. The van der Waals surface area contributed by atoms with Gasteiger partial charge in [-0.2, -0.15) is 0 Å². The molecule has 0 radical (unpaired) electrons.